The second kappa shape index (κ2) is 3.94. The zero-order valence-corrected chi connectivity index (χ0v) is 8.44. The molecule has 0 aliphatic carbocycles. The first-order valence-electron chi connectivity index (χ1n) is 4.64. The van der Waals surface area contributed by atoms with Gasteiger partial charge in [0.1, 0.15) is 0 Å². The molecule has 0 bridgehead atoms. The minimum absolute atomic E-state index is 0.442. The van der Waals surface area contributed by atoms with Crippen LogP contribution in [0, 0.1) is 11.3 Å². The SMILES string of the molecule is N#Cc1ccc(-n2ccc(C(F)(F)F)n2)cc1. The topological polar surface area (TPSA) is 41.6 Å². The first kappa shape index (κ1) is 11.2. The molecule has 0 saturated heterocycles. The molecule has 86 valence electrons. The quantitative estimate of drug-likeness (QED) is 0.765. The summed E-state index contributed by atoms with van der Waals surface area (Å²) in [5, 5.41) is 12.0. The van der Waals surface area contributed by atoms with Crippen LogP contribution in [0.25, 0.3) is 5.69 Å². The highest BCUT2D eigenvalue weighted by atomic mass is 19.4. The van der Waals surface area contributed by atoms with Gasteiger partial charge in [-0.3, -0.25) is 0 Å². The van der Waals surface area contributed by atoms with Crippen molar-refractivity contribution in [2.24, 2.45) is 0 Å². The lowest BCUT2D eigenvalue weighted by molar-refractivity contribution is -0.141. The van der Waals surface area contributed by atoms with Crippen LogP contribution in [0.15, 0.2) is 36.5 Å². The monoisotopic (exact) mass is 237 g/mol. The van der Waals surface area contributed by atoms with E-state index in [4.69, 9.17) is 5.26 Å². The standard InChI is InChI=1S/C11H6F3N3/c12-11(13,14)10-5-6-17(16-10)9-3-1-8(7-15)2-4-9/h1-6H. The van der Waals surface area contributed by atoms with Gasteiger partial charge < -0.3 is 0 Å². The number of nitrogens with zero attached hydrogens (tertiary/aromatic N) is 3. The molecule has 0 radical (unpaired) electrons. The van der Waals surface area contributed by atoms with Gasteiger partial charge in [0, 0.05) is 6.20 Å². The largest absolute Gasteiger partial charge is 0.435 e. The minimum Gasteiger partial charge on any atom is -0.240 e. The Morgan fingerprint density at radius 3 is 2.24 bits per heavy atom. The summed E-state index contributed by atoms with van der Waals surface area (Å²) in [6.45, 7) is 0. The molecule has 1 aromatic heterocycles. The zero-order valence-electron chi connectivity index (χ0n) is 8.44. The van der Waals surface area contributed by atoms with Gasteiger partial charge in [0.2, 0.25) is 0 Å². The van der Waals surface area contributed by atoms with Crippen molar-refractivity contribution < 1.29 is 13.2 Å². The summed E-state index contributed by atoms with van der Waals surface area (Å²) in [7, 11) is 0. The Hall–Kier alpha value is -2.29. The van der Waals surface area contributed by atoms with Crippen molar-refractivity contribution in [1.29, 1.82) is 5.26 Å². The summed E-state index contributed by atoms with van der Waals surface area (Å²) in [5.74, 6) is 0. The highest BCUT2D eigenvalue weighted by Crippen LogP contribution is 2.27. The van der Waals surface area contributed by atoms with Gasteiger partial charge >= 0.3 is 6.18 Å². The average molecular weight is 237 g/mol. The van der Waals surface area contributed by atoms with Crippen molar-refractivity contribution in [3.05, 3.63) is 47.8 Å². The maximum absolute atomic E-state index is 12.3. The molecule has 2 rings (SSSR count). The van der Waals surface area contributed by atoms with Gasteiger partial charge in [0.15, 0.2) is 5.69 Å². The highest BCUT2D eigenvalue weighted by Gasteiger charge is 2.33. The van der Waals surface area contributed by atoms with E-state index in [1.807, 2.05) is 6.07 Å². The van der Waals surface area contributed by atoms with Crippen LogP contribution < -0.4 is 0 Å². The van der Waals surface area contributed by atoms with Gasteiger partial charge in [0.05, 0.1) is 17.3 Å². The number of nitriles is 1. The van der Waals surface area contributed by atoms with Gasteiger partial charge in [-0.25, -0.2) is 4.68 Å². The average Bonchev–Trinajstić information content (AvgIpc) is 2.78. The van der Waals surface area contributed by atoms with Gasteiger partial charge in [0.25, 0.3) is 0 Å². The van der Waals surface area contributed by atoms with Crippen LogP contribution in [0.5, 0.6) is 0 Å². The molecule has 0 atom stereocenters. The second-order valence-corrected chi connectivity index (χ2v) is 3.30. The third-order valence-corrected chi connectivity index (χ3v) is 2.14. The van der Waals surface area contributed by atoms with E-state index >= 15 is 0 Å². The Morgan fingerprint density at radius 2 is 1.76 bits per heavy atom. The van der Waals surface area contributed by atoms with E-state index in [0.29, 0.717) is 11.3 Å². The summed E-state index contributed by atoms with van der Waals surface area (Å²) in [6, 6.07) is 8.93. The molecule has 1 heterocycles. The fraction of sp³-hybridized carbons (Fsp3) is 0.0909. The van der Waals surface area contributed by atoms with Crippen molar-refractivity contribution in [3.8, 4) is 11.8 Å². The smallest absolute Gasteiger partial charge is 0.240 e. The molecular weight excluding hydrogens is 231 g/mol. The molecule has 3 nitrogen and oxygen atoms in total. The summed E-state index contributed by atoms with van der Waals surface area (Å²) in [5.41, 5.74) is -0.0293. The first-order chi connectivity index (χ1) is 8.00. The van der Waals surface area contributed by atoms with E-state index in [9.17, 15) is 13.2 Å². The molecule has 1 aromatic carbocycles. The van der Waals surface area contributed by atoms with Crippen LogP contribution in [0.2, 0.25) is 0 Å². The summed E-state index contributed by atoms with van der Waals surface area (Å²) < 4.78 is 38.1. The fourth-order valence-electron chi connectivity index (χ4n) is 1.31. The maximum atomic E-state index is 12.3. The normalized spacial score (nSPS) is 11.2. The van der Waals surface area contributed by atoms with Crippen LogP contribution in [0.1, 0.15) is 11.3 Å². The van der Waals surface area contributed by atoms with Gasteiger partial charge in [-0.15, -0.1) is 0 Å². The van der Waals surface area contributed by atoms with Crippen LogP contribution in [0.4, 0.5) is 13.2 Å². The number of halogens is 3. The van der Waals surface area contributed by atoms with E-state index < -0.39 is 11.9 Å². The molecule has 17 heavy (non-hydrogen) atoms. The highest BCUT2D eigenvalue weighted by molar-refractivity contribution is 5.38. The molecule has 2 aromatic rings. The lowest BCUT2D eigenvalue weighted by Gasteiger charge is -2.02. The molecule has 0 fully saturated rings. The van der Waals surface area contributed by atoms with E-state index in [1.54, 1.807) is 0 Å². The van der Waals surface area contributed by atoms with E-state index in [-0.39, 0.29) is 0 Å². The minimum atomic E-state index is -4.45. The van der Waals surface area contributed by atoms with Crippen molar-refractivity contribution >= 4 is 0 Å². The van der Waals surface area contributed by atoms with Crippen molar-refractivity contribution in [2.75, 3.05) is 0 Å². The van der Waals surface area contributed by atoms with Gasteiger partial charge in [-0.2, -0.15) is 23.5 Å². The predicted molar refractivity (Wildman–Crippen MR) is 53.3 cm³/mol. The Kier molecular flexibility index (Phi) is 2.60. The molecule has 0 unspecified atom stereocenters. The maximum Gasteiger partial charge on any atom is 0.435 e. The number of alkyl halides is 3. The van der Waals surface area contributed by atoms with Crippen molar-refractivity contribution in [3.63, 3.8) is 0 Å². The van der Waals surface area contributed by atoms with E-state index in [2.05, 4.69) is 5.10 Å². The van der Waals surface area contributed by atoms with Crippen molar-refractivity contribution in [2.45, 2.75) is 6.18 Å². The number of aromatic nitrogens is 2. The molecule has 0 aliphatic rings. The summed E-state index contributed by atoms with van der Waals surface area (Å²) in [4.78, 5) is 0. The molecule has 0 N–H and O–H groups in total. The van der Waals surface area contributed by atoms with Crippen molar-refractivity contribution in [1.82, 2.24) is 9.78 Å². The number of hydrogen-bond donors (Lipinski definition) is 0. The number of benzene rings is 1. The van der Waals surface area contributed by atoms with Crippen LogP contribution >= 0.6 is 0 Å². The third kappa shape index (κ3) is 2.28. The number of hydrogen-bond acceptors (Lipinski definition) is 2. The Morgan fingerprint density at radius 1 is 1.12 bits per heavy atom. The molecule has 6 heteroatoms. The summed E-state index contributed by atoms with van der Waals surface area (Å²) >= 11 is 0. The number of rotatable bonds is 1. The predicted octanol–water partition coefficient (Wildman–Crippen LogP) is 2.76. The molecule has 0 amide bonds. The van der Waals surface area contributed by atoms with Gasteiger partial charge in [-0.05, 0) is 30.3 Å². The molecule has 0 aliphatic heterocycles. The Bertz CT molecular complexity index is 561. The summed E-state index contributed by atoms with van der Waals surface area (Å²) in [6.07, 6.45) is -3.22. The van der Waals surface area contributed by atoms with E-state index in [1.165, 1.54) is 30.5 Å². The lowest BCUT2D eigenvalue weighted by atomic mass is 10.2. The first-order valence-corrected chi connectivity index (χ1v) is 4.64. The lowest BCUT2D eigenvalue weighted by Crippen LogP contribution is -2.07. The van der Waals surface area contributed by atoms with E-state index in [0.717, 1.165) is 10.7 Å². The van der Waals surface area contributed by atoms with Gasteiger partial charge in [-0.1, -0.05) is 0 Å². The molecular formula is C11H6F3N3. The Labute approximate surface area is 94.7 Å². The zero-order chi connectivity index (χ0) is 12.5. The third-order valence-electron chi connectivity index (χ3n) is 2.14. The Balaban J connectivity index is 2.34. The van der Waals surface area contributed by atoms with Crippen LogP contribution in [-0.2, 0) is 6.18 Å². The van der Waals surface area contributed by atoms with Crippen LogP contribution in [0.3, 0.4) is 0 Å². The van der Waals surface area contributed by atoms with Crippen LogP contribution in [-0.4, -0.2) is 9.78 Å². The second-order valence-electron chi connectivity index (χ2n) is 3.30. The molecule has 0 spiro atoms. The fourth-order valence-corrected chi connectivity index (χ4v) is 1.31. The molecule has 0 saturated carbocycles.